The lowest BCUT2D eigenvalue weighted by Gasteiger charge is -2.40. The van der Waals surface area contributed by atoms with E-state index in [1.54, 1.807) is 30.5 Å². The van der Waals surface area contributed by atoms with Gasteiger partial charge in [-0.2, -0.15) is 0 Å². The fraction of sp³-hybridized carbons (Fsp3) is 0.524. The van der Waals surface area contributed by atoms with E-state index in [0.717, 1.165) is 24.8 Å². The van der Waals surface area contributed by atoms with Crippen LogP contribution in [0, 0.1) is 12.3 Å². The minimum atomic E-state index is -1.54. The lowest BCUT2D eigenvalue weighted by atomic mass is 9.99. The number of aliphatic hydroxyl groups excluding tert-OH is 3. The Morgan fingerprint density at radius 3 is 2.48 bits per heavy atom. The molecule has 0 saturated carbocycles. The topological polar surface area (TPSA) is 161 Å². The number of hydrogen-bond acceptors (Lipinski definition) is 8. The number of amides is 4. The van der Waals surface area contributed by atoms with Gasteiger partial charge in [-0.1, -0.05) is 11.9 Å². The fourth-order valence-corrected chi connectivity index (χ4v) is 3.24. The van der Waals surface area contributed by atoms with Crippen LogP contribution in [0.25, 0.3) is 0 Å². The van der Waals surface area contributed by atoms with E-state index in [1.807, 2.05) is 0 Å². The molecule has 182 valence electrons. The number of urea groups is 2. The van der Waals surface area contributed by atoms with Crippen LogP contribution in [0.3, 0.4) is 0 Å². The number of unbranched alkanes of at least 4 members (excludes halogenated alkanes) is 2. The lowest BCUT2D eigenvalue weighted by Crippen LogP contribution is -2.61. The molecule has 1 aliphatic rings. The minimum Gasteiger partial charge on any atom is -0.462 e. The van der Waals surface area contributed by atoms with Crippen LogP contribution in [0.1, 0.15) is 19.3 Å². The van der Waals surface area contributed by atoms with E-state index in [9.17, 15) is 24.9 Å². The summed E-state index contributed by atoms with van der Waals surface area (Å²) in [7, 11) is 0. The predicted octanol–water partition coefficient (Wildman–Crippen LogP) is 0.375. The highest BCUT2D eigenvalue weighted by atomic mass is 32.2. The summed E-state index contributed by atoms with van der Waals surface area (Å²) >= 11 is 1.10. The summed E-state index contributed by atoms with van der Waals surface area (Å²) in [6.45, 7) is 0.395. The maximum atomic E-state index is 11.9. The molecule has 0 spiro atoms. The fourth-order valence-electron chi connectivity index (χ4n) is 2.98. The molecular weight excluding hydrogens is 452 g/mol. The van der Waals surface area contributed by atoms with Crippen molar-refractivity contribution < 1.29 is 34.4 Å². The number of ether oxygens (including phenoxy) is 2. The summed E-state index contributed by atoms with van der Waals surface area (Å²) in [5.74, 6) is 2.84. The van der Waals surface area contributed by atoms with Gasteiger partial charge >= 0.3 is 12.1 Å². The molecule has 0 aliphatic carbocycles. The highest BCUT2D eigenvalue weighted by Gasteiger charge is 2.45. The van der Waals surface area contributed by atoms with Gasteiger partial charge in [0.05, 0.1) is 0 Å². The van der Waals surface area contributed by atoms with Crippen molar-refractivity contribution in [2.75, 3.05) is 24.7 Å². The zero-order valence-corrected chi connectivity index (χ0v) is 19.0. The molecule has 0 radical (unpaired) electrons. The number of rotatable bonds is 10. The van der Waals surface area contributed by atoms with Crippen LogP contribution in [0.4, 0.5) is 15.3 Å². The normalized spacial score (nSPS) is 24.3. The molecule has 12 heteroatoms. The maximum Gasteiger partial charge on any atom is 0.324 e. The molecule has 0 aromatic heterocycles. The molecule has 1 fully saturated rings. The molecule has 3 unspecified atom stereocenters. The van der Waals surface area contributed by atoms with Crippen LogP contribution in [0.2, 0.25) is 0 Å². The molecule has 5 atom stereocenters. The van der Waals surface area contributed by atoms with Crippen LogP contribution in [0.5, 0.6) is 5.75 Å². The third kappa shape index (κ3) is 8.64. The Kier molecular flexibility index (Phi) is 11.1. The van der Waals surface area contributed by atoms with E-state index in [1.165, 1.54) is 0 Å². The van der Waals surface area contributed by atoms with Gasteiger partial charge in [0.1, 0.15) is 30.2 Å². The van der Waals surface area contributed by atoms with Crippen LogP contribution in [-0.4, -0.2) is 77.4 Å². The van der Waals surface area contributed by atoms with E-state index >= 15 is 0 Å². The summed E-state index contributed by atoms with van der Waals surface area (Å²) in [6.07, 6.45) is 2.37. The Morgan fingerprint density at radius 2 is 1.82 bits per heavy atom. The number of aliphatic hydroxyl groups is 3. The van der Waals surface area contributed by atoms with Gasteiger partial charge in [-0.15, -0.1) is 12.3 Å². The summed E-state index contributed by atoms with van der Waals surface area (Å²) < 4.78 is 13.6. The second-order valence-corrected chi connectivity index (χ2v) is 7.83. The first-order valence-corrected chi connectivity index (χ1v) is 11.6. The Labute approximate surface area is 196 Å². The van der Waals surface area contributed by atoms with Crippen molar-refractivity contribution in [2.24, 2.45) is 0 Å². The summed E-state index contributed by atoms with van der Waals surface area (Å²) in [4.78, 5) is 23.5. The molecule has 1 aliphatic heterocycles. The maximum absolute atomic E-state index is 11.9. The van der Waals surface area contributed by atoms with E-state index in [-0.39, 0.29) is 12.6 Å². The Morgan fingerprint density at radius 1 is 1.09 bits per heavy atom. The number of anilines is 1. The summed E-state index contributed by atoms with van der Waals surface area (Å²) in [5, 5.41) is 38.4. The minimum absolute atomic E-state index is 0.113. The monoisotopic (exact) mass is 482 g/mol. The van der Waals surface area contributed by atoms with E-state index in [2.05, 4.69) is 26.6 Å². The Hall–Kier alpha value is -2.69. The summed E-state index contributed by atoms with van der Waals surface area (Å²) in [6, 6.07) is 5.45. The number of nitrogens with one attached hydrogen (secondary N) is 4. The van der Waals surface area contributed by atoms with Gasteiger partial charge in [-0.25, -0.2) is 9.59 Å². The third-order valence-electron chi connectivity index (χ3n) is 4.72. The SMILES string of the molecule is C#CCCCCNC(=O)Nc1ccc(O[C@H]2OC(CNC(=O)NSC)[C@@H](O)C(O)C2O)cc1. The first-order valence-electron chi connectivity index (χ1n) is 10.4. The van der Waals surface area contributed by atoms with Crippen LogP contribution in [0.15, 0.2) is 24.3 Å². The van der Waals surface area contributed by atoms with Crippen LogP contribution in [-0.2, 0) is 4.74 Å². The molecule has 33 heavy (non-hydrogen) atoms. The molecule has 2 rings (SSSR count). The largest absolute Gasteiger partial charge is 0.462 e. The van der Waals surface area contributed by atoms with Crippen molar-refractivity contribution in [3.63, 3.8) is 0 Å². The number of terminal acetylenes is 1. The third-order valence-corrected chi connectivity index (χ3v) is 5.11. The van der Waals surface area contributed by atoms with Crippen molar-refractivity contribution in [2.45, 2.75) is 50.0 Å². The molecule has 1 aromatic rings. The molecule has 1 saturated heterocycles. The molecule has 0 bridgehead atoms. The molecule has 11 nitrogen and oxygen atoms in total. The van der Waals surface area contributed by atoms with Gasteiger partial charge in [0.15, 0.2) is 0 Å². The highest BCUT2D eigenvalue weighted by molar-refractivity contribution is 7.97. The van der Waals surface area contributed by atoms with Crippen molar-refractivity contribution >= 4 is 29.7 Å². The molecule has 7 N–H and O–H groups in total. The lowest BCUT2D eigenvalue weighted by molar-refractivity contribution is -0.270. The van der Waals surface area contributed by atoms with Crippen molar-refractivity contribution in [3.8, 4) is 18.1 Å². The van der Waals surface area contributed by atoms with Gasteiger partial charge < -0.3 is 40.7 Å². The molecule has 4 amide bonds. The zero-order valence-electron chi connectivity index (χ0n) is 18.2. The average Bonchev–Trinajstić information content (AvgIpc) is 2.80. The highest BCUT2D eigenvalue weighted by Crippen LogP contribution is 2.25. The first kappa shape index (κ1) is 26.6. The average molecular weight is 483 g/mol. The standard InChI is InChI=1S/C21H30N4O7S/c1-3-4-5-6-11-22-20(29)24-13-7-9-14(10-8-13)31-19-18(28)17(27)16(26)15(32-19)12-23-21(30)25-33-2/h1,7-10,15-19,26-28H,4-6,11-12H2,2H3,(H2,22,24,29)(H2,23,25,30)/t15?,16-,17?,18?,19+/m1/s1. The van der Waals surface area contributed by atoms with Gasteiger partial charge in [-0.3, -0.25) is 4.72 Å². The van der Waals surface area contributed by atoms with E-state index < -0.39 is 36.7 Å². The van der Waals surface area contributed by atoms with Crippen LogP contribution < -0.4 is 25.4 Å². The van der Waals surface area contributed by atoms with Gasteiger partial charge in [0.25, 0.3) is 0 Å². The van der Waals surface area contributed by atoms with Crippen molar-refractivity contribution in [1.82, 2.24) is 15.4 Å². The Bertz CT molecular complexity index is 805. The first-order chi connectivity index (χ1) is 15.8. The second-order valence-electron chi connectivity index (χ2n) is 7.22. The van der Waals surface area contributed by atoms with Gasteiger partial charge in [-0.05, 0) is 37.1 Å². The van der Waals surface area contributed by atoms with Crippen LogP contribution >= 0.6 is 11.9 Å². The number of hydrogen-bond donors (Lipinski definition) is 7. The molecule has 1 aromatic carbocycles. The second kappa shape index (κ2) is 13.8. The van der Waals surface area contributed by atoms with Crippen molar-refractivity contribution in [3.05, 3.63) is 24.3 Å². The van der Waals surface area contributed by atoms with E-state index in [4.69, 9.17) is 15.9 Å². The summed E-state index contributed by atoms with van der Waals surface area (Å²) in [5.41, 5.74) is 0.519. The molecule has 1 heterocycles. The van der Waals surface area contributed by atoms with Gasteiger partial charge in [0.2, 0.25) is 6.29 Å². The number of carbonyl (C=O) groups excluding carboxylic acids is 2. The quantitative estimate of drug-likeness (QED) is 0.143. The number of carbonyl (C=O) groups is 2. The molecular formula is C21H30N4O7S. The predicted molar refractivity (Wildman–Crippen MR) is 124 cm³/mol. The van der Waals surface area contributed by atoms with Crippen molar-refractivity contribution in [1.29, 1.82) is 0 Å². The smallest absolute Gasteiger partial charge is 0.324 e. The zero-order chi connectivity index (χ0) is 24.2. The van der Waals surface area contributed by atoms with E-state index in [0.29, 0.717) is 24.4 Å². The number of benzene rings is 1. The van der Waals surface area contributed by atoms with Gasteiger partial charge in [0, 0.05) is 31.5 Å². The Balaban J connectivity index is 1.87.